The van der Waals surface area contributed by atoms with E-state index in [4.69, 9.17) is 0 Å². The van der Waals surface area contributed by atoms with Gasteiger partial charge in [0.15, 0.2) is 0 Å². The third-order valence-corrected chi connectivity index (χ3v) is 3.24. The number of carbonyl (C=O) groups is 1. The third-order valence-electron chi connectivity index (χ3n) is 3.24. The molecule has 0 saturated heterocycles. The van der Waals surface area contributed by atoms with E-state index in [0.29, 0.717) is 5.69 Å². The molecular weight excluding hydrogens is 219 g/mol. The molecule has 1 amide bonds. The van der Waals surface area contributed by atoms with Crippen LogP contribution in [0.3, 0.4) is 0 Å². The number of carbonyl (C=O) groups excluding carboxylic acids is 1. The third kappa shape index (κ3) is 3.25. The molecule has 1 aliphatic carbocycles. The minimum absolute atomic E-state index is 0.0368. The van der Waals surface area contributed by atoms with E-state index in [1.807, 2.05) is 0 Å². The lowest BCUT2D eigenvalue weighted by molar-refractivity contribution is -0.126. The summed E-state index contributed by atoms with van der Waals surface area (Å²) in [6.45, 7) is 0.183. The monoisotopic (exact) mass is 236 g/mol. The van der Waals surface area contributed by atoms with Gasteiger partial charge < -0.3 is 5.32 Å². The van der Waals surface area contributed by atoms with Crippen molar-refractivity contribution < 1.29 is 9.18 Å². The van der Waals surface area contributed by atoms with Gasteiger partial charge in [-0.1, -0.05) is 19.3 Å². The van der Waals surface area contributed by atoms with Crippen LogP contribution in [0.1, 0.15) is 37.8 Å². The zero-order valence-electron chi connectivity index (χ0n) is 9.79. The number of hydrogen-bond acceptors (Lipinski definition) is 2. The second-order valence-electron chi connectivity index (χ2n) is 4.48. The maximum absolute atomic E-state index is 13.3. The molecule has 0 aromatic carbocycles. The first-order valence-corrected chi connectivity index (χ1v) is 6.14. The smallest absolute Gasteiger partial charge is 0.223 e. The molecule has 1 aromatic heterocycles. The molecule has 0 radical (unpaired) electrons. The van der Waals surface area contributed by atoms with Gasteiger partial charge in [-0.05, 0) is 25.0 Å². The van der Waals surface area contributed by atoms with Crippen LogP contribution in [0.4, 0.5) is 4.39 Å². The van der Waals surface area contributed by atoms with Crippen molar-refractivity contribution in [1.29, 1.82) is 0 Å². The summed E-state index contributed by atoms with van der Waals surface area (Å²) >= 11 is 0. The molecule has 3 nitrogen and oxygen atoms in total. The molecule has 1 N–H and O–H groups in total. The lowest BCUT2D eigenvalue weighted by atomic mass is 9.89. The van der Waals surface area contributed by atoms with Crippen molar-refractivity contribution in [2.45, 2.75) is 38.6 Å². The normalized spacial score (nSPS) is 16.8. The summed E-state index contributed by atoms with van der Waals surface area (Å²) in [5.74, 6) is -0.221. The molecular formula is C13H17FN2O. The first-order chi connectivity index (χ1) is 8.27. The van der Waals surface area contributed by atoms with Crippen molar-refractivity contribution in [2.24, 2.45) is 5.92 Å². The minimum Gasteiger partial charge on any atom is -0.350 e. The summed E-state index contributed by atoms with van der Waals surface area (Å²) in [6.07, 6.45) is 6.91. The number of amides is 1. The number of pyridine rings is 1. The van der Waals surface area contributed by atoms with E-state index in [0.717, 1.165) is 25.7 Å². The van der Waals surface area contributed by atoms with E-state index in [1.165, 1.54) is 18.7 Å². The molecule has 0 atom stereocenters. The van der Waals surface area contributed by atoms with E-state index in [2.05, 4.69) is 10.3 Å². The highest BCUT2D eigenvalue weighted by molar-refractivity contribution is 5.78. The molecule has 4 heteroatoms. The molecule has 0 unspecified atom stereocenters. The molecule has 1 saturated carbocycles. The first kappa shape index (κ1) is 12.0. The number of nitrogens with zero attached hydrogens (tertiary/aromatic N) is 1. The summed E-state index contributed by atoms with van der Waals surface area (Å²) in [5, 5.41) is 2.77. The molecule has 1 aliphatic rings. The first-order valence-electron chi connectivity index (χ1n) is 6.14. The number of hydrogen-bond donors (Lipinski definition) is 1. The fraction of sp³-hybridized carbons (Fsp3) is 0.538. The molecule has 1 heterocycles. The molecule has 0 bridgehead atoms. The zero-order valence-corrected chi connectivity index (χ0v) is 9.79. The highest BCUT2D eigenvalue weighted by atomic mass is 19.1. The standard InChI is InChI=1S/C13H17FN2O/c14-11-7-4-8-15-12(11)9-16-13(17)10-5-2-1-3-6-10/h4,7-8,10H,1-3,5-6,9H2,(H,16,17). The summed E-state index contributed by atoms with van der Waals surface area (Å²) in [6, 6.07) is 2.90. The Balaban J connectivity index is 1.85. The van der Waals surface area contributed by atoms with Gasteiger partial charge in [0.25, 0.3) is 0 Å². The van der Waals surface area contributed by atoms with Gasteiger partial charge in [0.05, 0.1) is 12.2 Å². The molecule has 1 fully saturated rings. The van der Waals surface area contributed by atoms with Crippen LogP contribution in [-0.4, -0.2) is 10.9 Å². The van der Waals surface area contributed by atoms with Gasteiger partial charge in [-0.3, -0.25) is 9.78 Å². The van der Waals surface area contributed by atoms with Crippen molar-refractivity contribution in [3.63, 3.8) is 0 Å². The maximum Gasteiger partial charge on any atom is 0.223 e. The summed E-state index contributed by atoms with van der Waals surface area (Å²) < 4.78 is 13.3. The Hall–Kier alpha value is -1.45. The summed E-state index contributed by atoms with van der Waals surface area (Å²) in [5.41, 5.74) is 0.302. The topological polar surface area (TPSA) is 42.0 Å². The largest absolute Gasteiger partial charge is 0.350 e. The van der Waals surface area contributed by atoms with E-state index >= 15 is 0 Å². The predicted molar refractivity (Wildman–Crippen MR) is 62.6 cm³/mol. The van der Waals surface area contributed by atoms with Crippen LogP contribution in [0.2, 0.25) is 0 Å². The summed E-state index contributed by atoms with van der Waals surface area (Å²) in [4.78, 5) is 15.7. The minimum atomic E-state index is -0.364. The second-order valence-corrected chi connectivity index (χ2v) is 4.48. The molecule has 0 aliphatic heterocycles. The van der Waals surface area contributed by atoms with E-state index in [1.54, 1.807) is 6.07 Å². The van der Waals surface area contributed by atoms with Crippen molar-refractivity contribution in [2.75, 3.05) is 0 Å². The van der Waals surface area contributed by atoms with Crippen LogP contribution in [0.25, 0.3) is 0 Å². The van der Waals surface area contributed by atoms with Crippen LogP contribution in [-0.2, 0) is 11.3 Å². The van der Waals surface area contributed by atoms with Crippen LogP contribution in [0, 0.1) is 11.7 Å². The van der Waals surface area contributed by atoms with Crippen LogP contribution >= 0.6 is 0 Å². The highest BCUT2D eigenvalue weighted by Crippen LogP contribution is 2.23. The highest BCUT2D eigenvalue weighted by Gasteiger charge is 2.20. The van der Waals surface area contributed by atoms with Crippen LogP contribution in [0.15, 0.2) is 18.3 Å². The maximum atomic E-state index is 13.3. The Kier molecular flexibility index (Phi) is 4.07. The fourth-order valence-corrected chi connectivity index (χ4v) is 2.23. The van der Waals surface area contributed by atoms with Gasteiger partial charge in [-0.2, -0.15) is 0 Å². The molecule has 17 heavy (non-hydrogen) atoms. The van der Waals surface area contributed by atoms with Crippen LogP contribution in [0.5, 0.6) is 0 Å². The molecule has 92 valence electrons. The van der Waals surface area contributed by atoms with Crippen molar-refractivity contribution >= 4 is 5.91 Å². The second kappa shape index (κ2) is 5.75. The zero-order chi connectivity index (χ0) is 12.1. The van der Waals surface area contributed by atoms with E-state index in [9.17, 15) is 9.18 Å². The van der Waals surface area contributed by atoms with E-state index in [-0.39, 0.29) is 24.2 Å². The van der Waals surface area contributed by atoms with Gasteiger partial charge in [-0.25, -0.2) is 4.39 Å². The number of nitrogens with one attached hydrogen (secondary N) is 1. The van der Waals surface area contributed by atoms with Crippen molar-refractivity contribution in [3.8, 4) is 0 Å². The van der Waals surface area contributed by atoms with Gasteiger partial charge >= 0.3 is 0 Å². The Morgan fingerprint density at radius 1 is 1.41 bits per heavy atom. The lowest BCUT2D eigenvalue weighted by Crippen LogP contribution is -2.32. The fourth-order valence-electron chi connectivity index (χ4n) is 2.23. The molecule has 0 spiro atoms. The van der Waals surface area contributed by atoms with Gasteiger partial charge in [0.1, 0.15) is 5.82 Å². The Morgan fingerprint density at radius 3 is 2.88 bits per heavy atom. The Bertz CT molecular complexity index is 389. The SMILES string of the molecule is O=C(NCc1ncccc1F)C1CCCCC1. The molecule has 1 aromatic rings. The lowest BCUT2D eigenvalue weighted by Gasteiger charge is -2.20. The predicted octanol–water partition coefficient (Wildman–Crippen LogP) is 2.42. The van der Waals surface area contributed by atoms with Gasteiger partial charge in [0, 0.05) is 12.1 Å². The Labute approximate surface area is 100 Å². The average Bonchev–Trinajstić information content (AvgIpc) is 2.38. The quantitative estimate of drug-likeness (QED) is 0.875. The van der Waals surface area contributed by atoms with Crippen molar-refractivity contribution in [1.82, 2.24) is 10.3 Å². The van der Waals surface area contributed by atoms with E-state index < -0.39 is 0 Å². The Morgan fingerprint density at radius 2 is 2.18 bits per heavy atom. The molecule has 2 rings (SSSR count). The van der Waals surface area contributed by atoms with Gasteiger partial charge in [0.2, 0.25) is 5.91 Å². The average molecular weight is 236 g/mol. The number of halogens is 1. The number of aromatic nitrogens is 1. The van der Waals surface area contributed by atoms with Crippen molar-refractivity contribution in [3.05, 3.63) is 29.8 Å². The summed E-state index contributed by atoms with van der Waals surface area (Å²) in [7, 11) is 0. The van der Waals surface area contributed by atoms with Gasteiger partial charge in [-0.15, -0.1) is 0 Å². The number of rotatable bonds is 3. The van der Waals surface area contributed by atoms with Crippen LogP contribution < -0.4 is 5.32 Å².